The van der Waals surface area contributed by atoms with Crippen LogP contribution < -0.4 is 0 Å². The molecule has 0 amide bonds. The average molecular weight is 171 g/mol. The smallest absolute Gasteiger partial charge is 0.223 e. The Labute approximate surface area is 71.0 Å². The fourth-order valence-corrected chi connectivity index (χ4v) is 1.34. The van der Waals surface area contributed by atoms with E-state index in [-0.39, 0.29) is 10.8 Å². The minimum absolute atomic E-state index is 0.150. The first-order valence-corrected chi connectivity index (χ1v) is 3.95. The molecule has 0 saturated carbocycles. The van der Waals surface area contributed by atoms with E-state index in [1.807, 2.05) is 0 Å². The molecule has 12 heavy (non-hydrogen) atoms. The van der Waals surface area contributed by atoms with Crippen LogP contribution in [-0.2, 0) is 0 Å². The summed E-state index contributed by atoms with van der Waals surface area (Å²) in [7, 11) is 0. The van der Waals surface area contributed by atoms with E-state index in [0.29, 0.717) is 6.42 Å². The van der Waals surface area contributed by atoms with E-state index in [1.165, 1.54) is 0 Å². The fraction of sp³-hybridized carbons (Fsp3) is 0.750. The standard InChI is InChI=1S/C8H13NO3/c1-8(2,9(11)12)6-3-4-7(10)5-6/h3-4,6-7,10H,5H2,1-2H3. The predicted molar refractivity (Wildman–Crippen MR) is 44.3 cm³/mol. The topological polar surface area (TPSA) is 63.4 Å². The van der Waals surface area contributed by atoms with Gasteiger partial charge in [0, 0.05) is 24.7 Å². The van der Waals surface area contributed by atoms with Crippen molar-refractivity contribution in [2.24, 2.45) is 5.92 Å². The van der Waals surface area contributed by atoms with E-state index in [0.717, 1.165) is 0 Å². The van der Waals surface area contributed by atoms with Gasteiger partial charge in [0.25, 0.3) is 0 Å². The van der Waals surface area contributed by atoms with Gasteiger partial charge in [-0.1, -0.05) is 12.2 Å². The maximum atomic E-state index is 10.6. The first-order chi connectivity index (χ1) is 5.44. The van der Waals surface area contributed by atoms with Crippen molar-refractivity contribution in [1.29, 1.82) is 0 Å². The van der Waals surface area contributed by atoms with Crippen LogP contribution in [0.1, 0.15) is 20.3 Å². The first kappa shape index (κ1) is 9.19. The lowest BCUT2D eigenvalue weighted by Gasteiger charge is -2.21. The molecule has 1 aliphatic rings. The normalized spacial score (nSPS) is 29.2. The molecule has 2 atom stereocenters. The number of hydrogen-bond acceptors (Lipinski definition) is 3. The van der Waals surface area contributed by atoms with Crippen LogP contribution in [0.3, 0.4) is 0 Å². The quantitative estimate of drug-likeness (QED) is 0.382. The van der Waals surface area contributed by atoms with Gasteiger partial charge in [0.05, 0.1) is 6.10 Å². The molecule has 0 heterocycles. The number of rotatable bonds is 2. The van der Waals surface area contributed by atoms with Crippen molar-refractivity contribution in [2.45, 2.75) is 31.9 Å². The molecule has 0 aromatic heterocycles. The highest BCUT2D eigenvalue weighted by atomic mass is 16.6. The number of nitro groups is 1. The summed E-state index contributed by atoms with van der Waals surface area (Å²) in [5, 5.41) is 19.7. The molecule has 4 heteroatoms. The minimum Gasteiger partial charge on any atom is -0.389 e. The van der Waals surface area contributed by atoms with Gasteiger partial charge >= 0.3 is 0 Å². The van der Waals surface area contributed by atoms with Crippen molar-refractivity contribution in [2.75, 3.05) is 0 Å². The number of nitrogens with zero attached hydrogens (tertiary/aromatic N) is 1. The summed E-state index contributed by atoms with van der Waals surface area (Å²) in [5.41, 5.74) is -0.964. The van der Waals surface area contributed by atoms with E-state index in [4.69, 9.17) is 5.11 Å². The van der Waals surface area contributed by atoms with Gasteiger partial charge in [-0.25, -0.2) is 0 Å². The molecule has 0 radical (unpaired) electrons. The average Bonchev–Trinajstić information content (AvgIpc) is 2.35. The van der Waals surface area contributed by atoms with Crippen molar-refractivity contribution >= 4 is 0 Å². The lowest BCUT2D eigenvalue weighted by molar-refractivity contribution is -0.568. The molecule has 0 bridgehead atoms. The van der Waals surface area contributed by atoms with Gasteiger partial charge in [-0.15, -0.1) is 0 Å². The summed E-state index contributed by atoms with van der Waals surface area (Å²) in [6, 6.07) is 0. The number of hydrogen-bond donors (Lipinski definition) is 1. The lowest BCUT2D eigenvalue weighted by Crippen LogP contribution is -2.38. The Kier molecular flexibility index (Phi) is 2.19. The first-order valence-electron chi connectivity index (χ1n) is 3.95. The summed E-state index contributed by atoms with van der Waals surface area (Å²) < 4.78 is 0. The van der Waals surface area contributed by atoms with Crippen LogP contribution in [0.4, 0.5) is 0 Å². The Balaban J connectivity index is 2.71. The molecular formula is C8H13NO3. The Morgan fingerprint density at radius 3 is 2.50 bits per heavy atom. The van der Waals surface area contributed by atoms with Crippen LogP contribution >= 0.6 is 0 Å². The molecule has 0 aromatic rings. The third-order valence-corrected chi connectivity index (χ3v) is 2.44. The summed E-state index contributed by atoms with van der Waals surface area (Å²) in [5.74, 6) is -0.150. The van der Waals surface area contributed by atoms with E-state index in [9.17, 15) is 10.1 Å². The summed E-state index contributed by atoms with van der Waals surface area (Å²) in [6.07, 6.45) is 3.31. The molecule has 0 aliphatic heterocycles. The second-order valence-corrected chi connectivity index (χ2v) is 3.71. The zero-order valence-electron chi connectivity index (χ0n) is 7.23. The molecule has 0 fully saturated rings. The van der Waals surface area contributed by atoms with E-state index in [1.54, 1.807) is 26.0 Å². The number of aliphatic hydroxyl groups is 1. The highest BCUT2D eigenvalue weighted by Crippen LogP contribution is 2.30. The van der Waals surface area contributed by atoms with Crippen molar-refractivity contribution in [3.05, 3.63) is 22.3 Å². The fourth-order valence-electron chi connectivity index (χ4n) is 1.34. The van der Waals surface area contributed by atoms with Crippen molar-refractivity contribution in [3.63, 3.8) is 0 Å². The van der Waals surface area contributed by atoms with Crippen molar-refractivity contribution in [1.82, 2.24) is 0 Å². The van der Waals surface area contributed by atoms with Gasteiger partial charge in [-0.05, 0) is 6.42 Å². The summed E-state index contributed by atoms with van der Waals surface area (Å²) >= 11 is 0. The minimum atomic E-state index is -0.964. The molecule has 1 N–H and O–H groups in total. The molecule has 1 aliphatic carbocycles. The third-order valence-electron chi connectivity index (χ3n) is 2.44. The summed E-state index contributed by atoms with van der Waals surface area (Å²) in [6.45, 7) is 3.17. The van der Waals surface area contributed by atoms with Crippen LogP contribution in [0.15, 0.2) is 12.2 Å². The second kappa shape index (κ2) is 2.86. The third kappa shape index (κ3) is 1.48. The van der Waals surface area contributed by atoms with E-state index < -0.39 is 11.6 Å². The van der Waals surface area contributed by atoms with Crippen LogP contribution in [-0.4, -0.2) is 21.7 Å². The molecule has 1 rings (SSSR count). The van der Waals surface area contributed by atoms with Crippen molar-refractivity contribution < 1.29 is 10.0 Å². The Hall–Kier alpha value is -0.900. The zero-order chi connectivity index (χ0) is 9.35. The molecule has 0 saturated heterocycles. The van der Waals surface area contributed by atoms with E-state index >= 15 is 0 Å². The molecule has 0 aromatic carbocycles. The monoisotopic (exact) mass is 171 g/mol. The van der Waals surface area contributed by atoms with Gasteiger partial charge in [0.1, 0.15) is 0 Å². The maximum Gasteiger partial charge on any atom is 0.223 e. The Morgan fingerprint density at radius 2 is 2.17 bits per heavy atom. The van der Waals surface area contributed by atoms with E-state index in [2.05, 4.69) is 0 Å². The van der Waals surface area contributed by atoms with Crippen LogP contribution in [0.25, 0.3) is 0 Å². The maximum absolute atomic E-state index is 10.6. The second-order valence-electron chi connectivity index (χ2n) is 3.71. The van der Waals surface area contributed by atoms with Crippen LogP contribution in [0.2, 0.25) is 0 Å². The van der Waals surface area contributed by atoms with Gasteiger partial charge in [0.15, 0.2) is 0 Å². The Bertz CT molecular complexity index is 222. The van der Waals surface area contributed by atoms with Gasteiger partial charge in [-0.2, -0.15) is 0 Å². The number of aliphatic hydroxyl groups excluding tert-OH is 1. The van der Waals surface area contributed by atoms with Crippen molar-refractivity contribution in [3.8, 4) is 0 Å². The van der Waals surface area contributed by atoms with Crippen LogP contribution in [0, 0.1) is 16.0 Å². The van der Waals surface area contributed by atoms with Gasteiger partial charge < -0.3 is 5.11 Å². The SMILES string of the molecule is CC(C)(C1C=CC(O)C1)[N+](=O)[O-]. The zero-order valence-corrected chi connectivity index (χ0v) is 7.23. The molecule has 4 nitrogen and oxygen atoms in total. The van der Waals surface area contributed by atoms with Gasteiger partial charge in [0.2, 0.25) is 5.54 Å². The largest absolute Gasteiger partial charge is 0.389 e. The Morgan fingerprint density at radius 1 is 1.58 bits per heavy atom. The van der Waals surface area contributed by atoms with Gasteiger partial charge in [-0.3, -0.25) is 10.1 Å². The predicted octanol–water partition coefficient (Wildman–Crippen LogP) is 0.979. The molecule has 68 valence electrons. The highest BCUT2D eigenvalue weighted by Gasteiger charge is 2.41. The lowest BCUT2D eigenvalue weighted by atomic mass is 9.87. The molecule has 2 unspecified atom stereocenters. The summed E-state index contributed by atoms with van der Waals surface area (Å²) in [4.78, 5) is 10.3. The molecular weight excluding hydrogens is 158 g/mol. The van der Waals surface area contributed by atoms with Crippen LogP contribution in [0.5, 0.6) is 0 Å². The highest BCUT2D eigenvalue weighted by molar-refractivity contribution is 5.07. The molecule has 0 spiro atoms.